The van der Waals surface area contributed by atoms with Crippen LogP contribution in [0.3, 0.4) is 0 Å². The van der Waals surface area contributed by atoms with Gasteiger partial charge in [-0.1, -0.05) is 24.3 Å². The number of hydrogen-bond acceptors (Lipinski definition) is 5. The number of pyridine rings is 2. The lowest BCUT2D eigenvalue weighted by molar-refractivity contribution is -0.139. The molecule has 2 aromatic carbocycles. The van der Waals surface area contributed by atoms with Crippen molar-refractivity contribution in [3.05, 3.63) is 105 Å². The van der Waals surface area contributed by atoms with E-state index in [0.29, 0.717) is 22.4 Å². The maximum Gasteiger partial charge on any atom is 0.416 e. The van der Waals surface area contributed by atoms with E-state index in [4.69, 9.17) is 0 Å². The van der Waals surface area contributed by atoms with Gasteiger partial charge < -0.3 is 15.3 Å². The average molecular weight is 589 g/mol. The second-order valence-corrected chi connectivity index (χ2v) is 9.78. The number of rotatable bonds is 9. The Kier molecular flexibility index (Phi) is 8.71. The van der Waals surface area contributed by atoms with Gasteiger partial charge in [0.25, 0.3) is 11.5 Å². The van der Waals surface area contributed by atoms with Crippen LogP contribution < -0.4 is 10.9 Å². The summed E-state index contributed by atoms with van der Waals surface area (Å²) in [6.07, 6.45) is -2.66. The number of fused-ring (bicyclic) bond motifs is 1. The van der Waals surface area contributed by atoms with Gasteiger partial charge in [0.05, 0.1) is 5.56 Å². The molecule has 42 heavy (non-hydrogen) atoms. The van der Waals surface area contributed by atoms with Crippen molar-refractivity contribution in [3.8, 4) is 5.82 Å². The second kappa shape index (κ2) is 12.1. The Morgan fingerprint density at radius 2 is 1.69 bits per heavy atom. The summed E-state index contributed by atoms with van der Waals surface area (Å²) in [5.74, 6) is -5.05. The fourth-order valence-electron chi connectivity index (χ4n) is 4.54. The molecule has 0 unspecified atom stereocenters. The highest BCUT2D eigenvalue weighted by Crippen LogP contribution is 2.32. The number of aromatic nitrogens is 2. The van der Waals surface area contributed by atoms with Crippen molar-refractivity contribution < 1.29 is 36.6 Å². The minimum absolute atomic E-state index is 0.000726. The van der Waals surface area contributed by atoms with Crippen LogP contribution in [0.4, 0.5) is 22.0 Å². The van der Waals surface area contributed by atoms with Gasteiger partial charge in [0.1, 0.15) is 29.1 Å². The first-order valence-electron chi connectivity index (χ1n) is 12.6. The SMILES string of the molecule is CN(C)CCc1cn(-c2nccc3c(C[C@H](NC(=O)c4c(F)cccc4F)C(=O)O)cccc23)c(=O)cc1C(F)(F)F. The number of nitrogens with zero attached hydrogens (tertiary/aromatic N) is 3. The molecule has 2 aromatic heterocycles. The zero-order chi connectivity index (χ0) is 30.8. The first-order chi connectivity index (χ1) is 19.8. The van der Waals surface area contributed by atoms with Gasteiger partial charge in [0, 0.05) is 36.8 Å². The maximum absolute atomic E-state index is 14.1. The van der Waals surface area contributed by atoms with E-state index >= 15 is 0 Å². The molecule has 8 nitrogen and oxygen atoms in total. The van der Waals surface area contributed by atoms with E-state index in [2.05, 4.69) is 10.3 Å². The van der Waals surface area contributed by atoms with Crippen molar-refractivity contribution >= 4 is 22.6 Å². The van der Waals surface area contributed by atoms with Gasteiger partial charge in [-0.25, -0.2) is 18.6 Å². The first kappa shape index (κ1) is 30.3. The fourth-order valence-corrected chi connectivity index (χ4v) is 4.54. The Morgan fingerprint density at radius 1 is 1.02 bits per heavy atom. The predicted molar refractivity (Wildman–Crippen MR) is 144 cm³/mol. The van der Waals surface area contributed by atoms with Crippen molar-refractivity contribution in [1.82, 2.24) is 19.8 Å². The maximum atomic E-state index is 14.1. The van der Waals surface area contributed by atoms with Crippen molar-refractivity contribution in [2.75, 3.05) is 20.6 Å². The molecule has 2 N–H and O–H groups in total. The summed E-state index contributed by atoms with van der Waals surface area (Å²) in [4.78, 5) is 43.4. The van der Waals surface area contributed by atoms with Gasteiger partial charge in [-0.3, -0.25) is 14.2 Å². The molecule has 0 aliphatic carbocycles. The third kappa shape index (κ3) is 6.46. The summed E-state index contributed by atoms with van der Waals surface area (Å²) in [6.45, 7) is 0.285. The predicted octanol–water partition coefficient (Wildman–Crippen LogP) is 4.21. The molecule has 0 fully saturated rings. The molecule has 0 bridgehead atoms. The Morgan fingerprint density at radius 3 is 2.31 bits per heavy atom. The molecule has 4 rings (SSSR count). The molecule has 0 saturated carbocycles. The van der Waals surface area contributed by atoms with Gasteiger partial charge in [-0.05, 0) is 55.2 Å². The quantitative estimate of drug-likeness (QED) is 0.284. The molecule has 0 radical (unpaired) electrons. The number of hydrogen-bond donors (Lipinski definition) is 2. The van der Waals surface area contributed by atoms with Crippen LogP contribution in [0.15, 0.2) is 65.7 Å². The van der Waals surface area contributed by atoms with Crippen LogP contribution in [0.2, 0.25) is 0 Å². The molecule has 2 heterocycles. The molecule has 0 aliphatic heterocycles. The smallest absolute Gasteiger partial charge is 0.416 e. The van der Waals surface area contributed by atoms with Crippen LogP contribution in [-0.2, 0) is 23.8 Å². The van der Waals surface area contributed by atoms with E-state index in [-0.39, 0.29) is 30.8 Å². The highest BCUT2D eigenvalue weighted by molar-refractivity contribution is 5.97. The normalized spacial score (nSPS) is 12.5. The molecular formula is C29H25F5N4O4. The van der Waals surface area contributed by atoms with E-state index in [1.54, 1.807) is 31.1 Å². The van der Waals surface area contributed by atoms with Crippen molar-refractivity contribution in [2.45, 2.75) is 25.1 Å². The number of aliphatic carboxylic acids is 1. The summed E-state index contributed by atoms with van der Waals surface area (Å²) in [5.41, 5.74) is -2.69. The number of amides is 1. The molecule has 1 amide bonds. The number of carboxylic acid groups (broad SMARTS) is 1. The van der Waals surface area contributed by atoms with E-state index in [1.807, 2.05) is 0 Å². The fraction of sp³-hybridized carbons (Fsp3) is 0.241. The number of alkyl halides is 3. The largest absolute Gasteiger partial charge is 0.480 e. The number of halogens is 5. The number of carbonyl (C=O) groups is 2. The van der Waals surface area contributed by atoms with Crippen LogP contribution >= 0.6 is 0 Å². The van der Waals surface area contributed by atoms with Crippen molar-refractivity contribution in [1.29, 1.82) is 0 Å². The lowest BCUT2D eigenvalue weighted by atomic mass is 9.99. The van der Waals surface area contributed by atoms with E-state index in [9.17, 15) is 41.4 Å². The number of benzene rings is 2. The minimum Gasteiger partial charge on any atom is -0.480 e. The average Bonchev–Trinajstić information content (AvgIpc) is 2.91. The molecular weight excluding hydrogens is 563 g/mol. The summed E-state index contributed by atoms with van der Waals surface area (Å²) in [6, 6.07) is 7.87. The molecule has 4 aromatic rings. The van der Waals surface area contributed by atoms with E-state index < -0.39 is 52.4 Å². The van der Waals surface area contributed by atoms with Crippen molar-refractivity contribution in [2.24, 2.45) is 0 Å². The summed E-state index contributed by atoms with van der Waals surface area (Å²) in [7, 11) is 3.41. The first-order valence-corrected chi connectivity index (χ1v) is 12.6. The van der Waals surface area contributed by atoms with Gasteiger partial charge in [0.2, 0.25) is 0 Å². The third-order valence-electron chi connectivity index (χ3n) is 6.59. The van der Waals surface area contributed by atoms with Gasteiger partial charge in [0.15, 0.2) is 0 Å². The van der Waals surface area contributed by atoms with Gasteiger partial charge >= 0.3 is 12.1 Å². The zero-order valence-corrected chi connectivity index (χ0v) is 22.4. The molecule has 0 saturated heterocycles. The third-order valence-corrected chi connectivity index (χ3v) is 6.59. The van der Waals surface area contributed by atoms with Crippen LogP contribution in [0.1, 0.15) is 27.0 Å². The molecule has 1 atom stereocenters. The van der Waals surface area contributed by atoms with Crippen LogP contribution in [-0.4, -0.2) is 58.1 Å². The highest BCUT2D eigenvalue weighted by Gasteiger charge is 2.34. The monoisotopic (exact) mass is 588 g/mol. The van der Waals surface area contributed by atoms with Crippen LogP contribution in [0, 0.1) is 11.6 Å². The van der Waals surface area contributed by atoms with E-state index in [1.165, 1.54) is 18.3 Å². The lowest BCUT2D eigenvalue weighted by Crippen LogP contribution is -2.43. The molecule has 220 valence electrons. The lowest BCUT2D eigenvalue weighted by Gasteiger charge is -2.19. The summed E-state index contributed by atoms with van der Waals surface area (Å²) >= 11 is 0. The Bertz CT molecular complexity index is 1700. The number of likely N-dealkylation sites (N-methyl/N-ethyl adjacent to an activating group) is 1. The van der Waals surface area contributed by atoms with Crippen molar-refractivity contribution in [3.63, 3.8) is 0 Å². The molecule has 0 spiro atoms. The Labute approximate surface area is 236 Å². The van der Waals surface area contributed by atoms with Gasteiger partial charge in [-0.2, -0.15) is 13.2 Å². The Hall–Kier alpha value is -4.65. The summed E-state index contributed by atoms with van der Waals surface area (Å²) < 4.78 is 70.3. The topological polar surface area (TPSA) is 105 Å². The molecule has 13 heteroatoms. The number of carboxylic acids is 1. The van der Waals surface area contributed by atoms with Crippen LogP contribution in [0.5, 0.6) is 0 Å². The summed E-state index contributed by atoms with van der Waals surface area (Å²) in [5, 5.41) is 12.6. The standard InChI is InChI=1S/C29H25F5N4O4/c1-37(2)12-10-17-15-38(24(39)14-20(17)29(32,33)34)26-19-6-3-5-16(18(19)9-11-35-26)13-23(28(41)42)36-27(40)25-21(30)7-4-8-22(25)31/h3-9,11,14-15,23H,10,12-13H2,1-2H3,(H,36,40)(H,41,42)/t23-/m0/s1. The highest BCUT2D eigenvalue weighted by atomic mass is 19.4. The zero-order valence-electron chi connectivity index (χ0n) is 22.4. The molecule has 0 aliphatic rings. The Balaban J connectivity index is 1.75. The number of nitrogens with one attached hydrogen (secondary N) is 1. The number of carbonyl (C=O) groups excluding carboxylic acids is 1. The van der Waals surface area contributed by atoms with Crippen LogP contribution in [0.25, 0.3) is 16.6 Å². The minimum atomic E-state index is -4.75. The van der Waals surface area contributed by atoms with Gasteiger partial charge in [-0.15, -0.1) is 0 Å². The van der Waals surface area contributed by atoms with E-state index in [0.717, 1.165) is 29.0 Å². The second-order valence-electron chi connectivity index (χ2n) is 9.78.